The summed E-state index contributed by atoms with van der Waals surface area (Å²) in [5.41, 5.74) is 1.46. The predicted molar refractivity (Wildman–Crippen MR) is 75.6 cm³/mol. The molecule has 0 fully saturated rings. The standard InChI is InChI=1S/C15H19FN2O3/c1-11-7-14(18-21-11)10-20-15-4-3-13(16)8-12(15)9-17-5-6-19-2/h3-4,7-8,17H,5-6,9-10H2,1-2H3. The highest BCUT2D eigenvalue weighted by Crippen LogP contribution is 2.21. The van der Waals surface area contributed by atoms with E-state index in [4.69, 9.17) is 14.0 Å². The molecule has 0 amide bonds. The van der Waals surface area contributed by atoms with Crippen LogP contribution in [0.5, 0.6) is 5.75 Å². The quantitative estimate of drug-likeness (QED) is 0.758. The molecule has 1 heterocycles. The van der Waals surface area contributed by atoms with Crippen LogP contribution in [0.2, 0.25) is 0 Å². The van der Waals surface area contributed by atoms with Crippen LogP contribution >= 0.6 is 0 Å². The molecule has 0 aliphatic carbocycles. The highest BCUT2D eigenvalue weighted by molar-refractivity contribution is 5.34. The van der Waals surface area contributed by atoms with Gasteiger partial charge < -0.3 is 19.3 Å². The molecule has 1 aromatic heterocycles. The Balaban J connectivity index is 1.97. The van der Waals surface area contributed by atoms with Gasteiger partial charge in [-0.15, -0.1) is 0 Å². The Kier molecular flexibility index (Phi) is 5.71. The molecule has 6 heteroatoms. The fraction of sp³-hybridized carbons (Fsp3) is 0.400. The van der Waals surface area contributed by atoms with Gasteiger partial charge in [-0.3, -0.25) is 0 Å². The Bertz CT molecular complexity index is 572. The van der Waals surface area contributed by atoms with E-state index in [-0.39, 0.29) is 12.4 Å². The van der Waals surface area contributed by atoms with E-state index in [1.54, 1.807) is 19.2 Å². The van der Waals surface area contributed by atoms with Crippen LogP contribution in [0.15, 0.2) is 28.8 Å². The molecule has 0 aliphatic heterocycles. The Hall–Kier alpha value is -1.92. The minimum Gasteiger partial charge on any atom is -0.487 e. The van der Waals surface area contributed by atoms with Gasteiger partial charge in [0.15, 0.2) is 0 Å². The highest BCUT2D eigenvalue weighted by atomic mass is 19.1. The molecule has 0 bridgehead atoms. The van der Waals surface area contributed by atoms with Gasteiger partial charge in [-0.05, 0) is 25.1 Å². The van der Waals surface area contributed by atoms with E-state index in [1.807, 2.05) is 6.92 Å². The molecule has 1 aromatic carbocycles. The number of rotatable bonds is 8. The molecule has 0 saturated carbocycles. The van der Waals surface area contributed by atoms with Gasteiger partial charge in [-0.2, -0.15) is 0 Å². The van der Waals surface area contributed by atoms with Gasteiger partial charge in [0.2, 0.25) is 0 Å². The SMILES string of the molecule is COCCNCc1cc(F)ccc1OCc1cc(C)on1. The number of nitrogens with zero attached hydrogens (tertiary/aromatic N) is 1. The largest absolute Gasteiger partial charge is 0.487 e. The van der Waals surface area contributed by atoms with E-state index in [9.17, 15) is 4.39 Å². The maximum atomic E-state index is 13.4. The van der Waals surface area contributed by atoms with Crippen molar-refractivity contribution in [3.63, 3.8) is 0 Å². The van der Waals surface area contributed by atoms with Crippen molar-refractivity contribution < 1.29 is 18.4 Å². The first kappa shape index (κ1) is 15.5. The number of nitrogens with one attached hydrogen (secondary N) is 1. The van der Waals surface area contributed by atoms with Gasteiger partial charge in [-0.25, -0.2) is 4.39 Å². The van der Waals surface area contributed by atoms with Crippen LogP contribution in [0.25, 0.3) is 0 Å². The van der Waals surface area contributed by atoms with Crippen molar-refractivity contribution in [1.82, 2.24) is 10.5 Å². The number of methoxy groups -OCH3 is 1. The minimum absolute atomic E-state index is 0.286. The summed E-state index contributed by atoms with van der Waals surface area (Å²) in [4.78, 5) is 0. The van der Waals surface area contributed by atoms with Gasteiger partial charge in [-0.1, -0.05) is 5.16 Å². The van der Waals surface area contributed by atoms with Crippen LogP contribution in [0.3, 0.4) is 0 Å². The zero-order valence-electron chi connectivity index (χ0n) is 12.2. The molecule has 0 radical (unpaired) electrons. The molecular formula is C15H19FN2O3. The lowest BCUT2D eigenvalue weighted by Gasteiger charge is -2.11. The monoisotopic (exact) mass is 294 g/mol. The Morgan fingerprint density at radius 3 is 2.90 bits per heavy atom. The summed E-state index contributed by atoms with van der Waals surface area (Å²) >= 11 is 0. The summed E-state index contributed by atoms with van der Waals surface area (Å²) in [7, 11) is 1.64. The second-order valence-electron chi connectivity index (χ2n) is 4.64. The smallest absolute Gasteiger partial charge is 0.134 e. The number of ether oxygens (including phenoxy) is 2. The fourth-order valence-corrected chi connectivity index (χ4v) is 1.86. The number of aromatic nitrogens is 1. The van der Waals surface area contributed by atoms with E-state index in [0.717, 1.165) is 11.3 Å². The Morgan fingerprint density at radius 1 is 1.33 bits per heavy atom. The summed E-state index contributed by atoms with van der Waals surface area (Å²) in [5, 5.41) is 7.03. The maximum Gasteiger partial charge on any atom is 0.134 e. The molecule has 0 unspecified atom stereocenters. The Labute approximate surface area is 123 Å². The van der Waals surface area contributed by atoms with Crippen molar-refractivity contribution in [2.45, 2.75) is 20.1 Å². The van der Waals surface area contributed by atoms with Crippen LogP contribution in [-0.2, 0) is 17.9 Å². The van der Waals surface area contributed by atoms with Gasteiger partial charge in [0.05, 0.1) is 6.61 Å². The summed E-state index contributed by atoms with van der Waals surface area (Å²) in [5.74, 6) is 1.07. The van der Waals surface area contributed by atoms with Crippen LogP contribution in [-0.4, -0.2) is 25.4 Å². The average molecular weight is 294 g/mol. The van der Waals surface area contributed by atoms with Crippen molar-refractivity contribution >= 4 is 0 Å². The normalized spacial score (nSPS) is 10.8. The first-order valence-electron chi connectivity index (χ1n) is 6.72. The van der Waals surface area contributed by atoms with Crippen LogP contribution in [0.1, 0.15) is 17.0 Å². The van der Waals surface area contributed by atoms with E-state index < -0.39 is 0 Å². The lowest BCUT2D eigenvalue weighted by molar-refractivity contribution is 0.199. The first-order chi connectivity index (χ1) is 10.2. The van der Waals surface area contributed by atoms with Crippen LogP contribution in [0.4, 0.5) is 4.39 Å². The van der Waals surface area contributed by atoms with Gasteiger partial charge >= 0.3 is 0 Å². The molecule has 0 saturated heterocycles. The number of hydrogen-bond donors (Lipinski definition) is 1. The van der Waals surface area contributed by atoms with E-state index >= 15 is 0 Å². The van der Waals surface area contributed by atoms with Crippen molar-refractivity contribution in [2.24, 2.45) is 0 Å². The lowest BCUT2D eigenvalue weighted by atomic mass is 10.2. The first-order valence-corrected chi connectivity index (χ1v) is 6.72. The van der Waals surface area contributed by atoms with E-state index in [0.29, 0.717) is 31.1 Å². The number of halogens is 1. The minimum atomic E-state index is -0.289. The van der Waals surface area contributed by atoms with Gasteiger partial charge in [0.25, 0.3) is 0 Å². The average Bonchev–Trinajstić information content (AvgIpc) is 2.88. The number of benzene rings is 1. The summed E-state index contributed by atoms with van der Waals surface area (Å²) in [6.45, 7) is 3.90. The van der Waals surface area contributed by atoms with Crippen molar-refractivity contribution in [2.75, 3.05) is 20.3 Å². The predicted octanol–water partition coefficient (Wildman–Crippen LogP) is 2.44. The molecule has 0 atom stereocenters. The van der Waals surface area contributed by atoms with E-state index in [1.165, 1.54) is 12.1 Å². The van der Waals surface area contributed by atoms with Gasteiger partial charge in [0, 0.05) is 31.8 Å². The molecule has 0 spiro atoms. The maximum absolute atomic E-state index is 13.4. The fourth-order valence-electron chi connectivity index (χ4n) is 1.86. The number of aryl methyl sites for hydroxylation is 1. The third-order valence-corrected chi connectivity index (χ3v) is 2.87. The zero-order chi connectivity index (χ0) is 15.1. The second-order valence-corrected chi connectivity index (χ2v) is 4.64. The van der Waals surface area contributed by atoms with Crippen molar-refractivity contribution in [1.29, 1.82) is 0 Å². The van der Waals surface area contributed by atoms with Crippen LogP contribution in [0, 0.1) is 12.7 Å². The molecule has 0 aliphatic rings. The lowest BCUT2D eigenvalue weighted by Crippen LogP contribution is -2.19. The summed E-state index contributed by atoms with van der Waals surface area (Å²) in [6.07, 6.45) is 0. The molecule has 21 heavy (non-hydrogen) atoms. The Morgan fingerprint density at radius 2 is 2.19 bits per heavy atom. The van der Waals surface area contributed by atoms with Gasteiger partial charge in [0.1, 0.15) is 29.6 Å². The van der Waals surface area contributed by atoms with Crippen molar-refractivity contribution in [3.8, 4) is 5.75 Å². The highest BCUT2D eigenvalue weighted by Gasteiger charge is 2.07. The molecule has 5 nitrogen and oxygen atoms in total. The number of hydrogen-bond acceptors (Lipinski definition) is 5. The van der Waals surface area contributed by atoms with Crippen molar-refractivity contribution in [3.05, 3.63) is 47.1 Å². The summed E-state index contributed by atoms with van der Waals surface area (Å²) < 4.78 is 29.0. The zero-order valence-corrected chi connectivity index (χ0v) is 12.2. The summed E-state index contributed by atoms with van der Waals surface area (Å²) in [6, 6.07) is 6.26. The second kappa shape index (κ2) is 7.75. The molecule has 2 aromatic rings. The molecule has 1 N–H and O–H groups in total. The van der Waals surface area contributed by atoms with Crippen LogP contribution < -0.4 is 10.1 Å². The molecule has 114 valence electrons. The molecule has 2 rings (SSSR count). The topological polar surface area (TPSA) is 56.5 Å². The third-order valence-electron chi connectivity index (χ3n) is 2.87. The van der Waals surface area contributed by atoms with E-state index in [2.05, 4.69) is 10.5 Å². The third kappa shape index (κ3) is 4.84. The molecular weight excluding hydrogens is 275 g/mol.